The van der Waals surface area contributed by atoms with Crippen molar-refractivity contribution in [2.45, 2.75) is 31.7 Å². The summed E-state index contributed by atoms with van der Waals surface area (Å²) < 4.78 is 0. The Balaban J connectivity index is 1.38. The maximum atomic E-state index is 4.71. The summed E-state index contributed by atoms with van der Waals surface area (Å²) in [6.45, 7) is 3.63. The van der Waals surface area contributed by atoms with Gasteiger partial charge in [-0.2, -0.15) is 4.98 Å². The van der Waals surface area contributed by atoms with Crippen LogP contribution < -0.4 is 15.1 Å². The second-order valence-corrected chi connectivity index (χ2v) is 6.39. The van der Waals surface area contributed by atoms with Crippen LogP contribution in [0.5, 0.6) is 0 Å². The summed E-state index contributed by atoms with van der Waals surface area (Å²) in [5.41, 5.74) is 0. The average molecular weight is 325 g/mol. The molecule has 1 saturated heterocycles. The van der Waals surface area contributed by atoms with E-state index in [9.17, 15) is 0 Å². The van der Waals surface area contributed by atoms with E-state index in [0.717, 1.165) is 43.9 Å². The third-order valence-electron chi connectivity index (χ3n) is 4.77. The van der Waals surface area contributed by atoms with Gasteiger partial charge in [-0.25, -0.2) is 15.0 Å². The minimum absolute atomic E-state index is 0.535. The van der Waals surface area contributed by atoms with E-state index < -0.39 is 0 Å². The predicted octanol–water partition coefficient (Wildman–Crippen LogP) is 1.95. The molecule has 1 aliphatic heterocycles. The molecule has 1 N–H and O–H groups in total. The van der Waals surface area contributed by atoms with Crippen LogP contribution in [-0.4, -0.2) is 52.2 Å². The summed E-state index contributed by atoms with van der Waals surface area (Å²) in [5.74, 6) is 2.57. The molecule has 2 aromatic rings. The molecule has 2 aromatic heterocycles. The van der Waals surface area contributed by atoms with Crippen LogP contribution in [0.15, 0.2) is 30.7 Å². The number of hydrogen-bond acceptors (Lipinski definition) is 7. The van der Waals surface area contributed by atoms with Crippen LogP contribution >= 0.6 is 0 Å². The number of nitrogens with one attached hydrogen (secondary N) is 1. The normalized spacial score (nSPS) is 18.8. The van der Waals surface area contributed by atoms with Crippen LogP contribution in [-0.2, 0) is 0 Å². The van der Waals surface area contributed by atoms with Crippen LogP contribution in [0.4, 0.5) is 17.7 Å². The Bertz CT molecular complexity index is 649. The molecule has 0 spiro atoms. The summed E-state index contributed by atoms with van der Waals surface area (Å²) in [5, 5.41) is 3.48. The van der Waals surface area contributed by atoms with Gasteiger partial charge in [0.25, 0.3) is 0 Å². The van der Waals surface area contributed by atoms with Crippen molar-refractivity contribution in [3.05, 3.63) is 30.7 Å². The van der Waals surface area contributed by atoms with Gasteiger partial charge < -0.3 is 15.1 Å². The van der Waals surface area contributed by atoms with E-state index in [4.69, 9.17) is 4.98 Å². The van der Waals surface area contributed by atoms with Crippen molar-refractivity contribution >= 4 is 17.7 Å². The first kappa shape index (κ1) is 15.1. The quantitative estimate of drug-likeness (QED) is 0.921. The molecule has 4 rings (SSSR count). The smallest absolute Gasteiger partial charge is 0.225 e. The standard InChI is InChI=1S/C17H23N7/c1-2-5-14(4-1)21-16-18-9-6-15(22-16)23-10-12-24(13-11-23)17-19-7-3-8-20-17/h3,6-9,14H,1-2,4-5,10-13H2,(H,18,21,22). The summed E-state index contributed by atoms with van der Waals surface area (Å²) in [6.07, 6.45) is 10.5. The first-order chi connectivity index (χ1) is 11.9. The van der Waals surface area contributed by atoms with Crippen LogP contribution in [0.1, 0.15) is 25.7 Å². The highest BCUT2D eigenvalue weighted by molar-refractivity contribution is 5.45. The molecule has 0 unspecified atom stereocenters. The highest BCUT2D eigenvalue weighted by atomic mass is 15.3. The molecule has 7 nitrogen and oxygen atoms in total. The zero-order valence-electron chi connectivity index (χ0n) is 13.8. The SMILES string of the molecule is c1cnc(N2CCN(c3ccnc(NC4CCCC4)n3)CC2)nc1. The van der Waals surface area contributed by atoms with Crippen molar-refractivity contribution in [1.29, 1.82) is 0 Å². The number of anilines is 3. The van der Waals surface area contributed by atoms with Gasteiger partial charge >= 0.3 is 0 Å². The lowest BCUT2D eigenvalue weighted by molar-refractivity contribution is 0.633. The van der Waals surface area contributed by atoms with Crippen molar-refractivity contribution in [1.82, 2.24) is 19.9 Å². The van der Waals surface area contributed by atoms with Gasteiger partial charge in [-0.3, -0.25) is 0 Å². The minimum atomic E-state index is 0.535. The summed E-state index contributed by atoms with van der Waals surface area (Å²) in [6, 6.07) is 4.38. The summed E-state index contributed by atoms with van der Waals surface area (Å²) >= 11 is 0. The fourth-order valence-electron chi connectivity index (χ4n) is 3.44. The van der Waals surface area contributed by atoms with Crippen LogP contribution in [0.2, 0.25) is 0 Å². The molecule has 0 radical (unpaired) electrons. The van der Waals surface area contributed by atoms with Gasteiger partial charge in [-0.15, -0.1) is 0 Å². The van der Waals surface area contributed by atoms with E-state index >= 15 is 0 Å². The zero-order valence-corrected chi connectivity index (χ0v) is 13.8. The Morgan fingerprint density at radius 1 is 0.875 bits per heavy atom. The molecular formula is C17H23N7. The number of rotatable bonds is 4. The Kier molecular flexibility index (Phi) is 4.40. The molecule has 0 aromatic carbocycles. The summed E-state index contributed by atoms with van der Waals surface area (Å²) in [4.78, 5) is 22.3. The monoisotopic (exact) mass is 325 g/mol. The van der Waals surface area contributed by atoms with Crippen molar-refractivity contribution in [3.63, 3.8) is 0 Å². The van der Waals surface area contributed by atoms with E-state index in [2.05, 4.69) is 30.1 Å². The van der Waals surface area contributed by atoms with E-state index in [1.807, 2.05) is 18.3 Å². The molecule has 0 atom stereocenters. The Morgan fingerprint density at radius 2 is 1.58 bits per heavy atom. The van der Waals surface area contributed by atoms with Gasteiger partial charge in [-0.1, -0.05) is 12.8 Å². The van der Waals surface area contributed by atoms with E-state index in [-0.39, 0.29) is 0 Å². The topological polar surface area (TPSA) is 70.1 Å². The van der Waals surface area contributed by atoms with E-state index in [1.165, 1.54) is 25.7 Å². The van der Waals surface area contributed by atoms with Crippen molar-refractivity contribution in [2.24, 2.45) is 0 Å². The Morgan fingerprint density at radius 3 is 2.33 bits per heavy atom. The van der Waals surface area contributed by atoms with Crippen LogP contribution in [0, 0.1) is 0 Å². The van der Waals surface area contributed by atoms with Crippen LogP contribution in [0.3, 0.4) is 0 Å². The average Bonchev–Trinajstić information content (AvgIpc) is 3.16. The third-order valence-corrected chi connectivity index (χ3v) is 4.77. The van der Waals surface area contributed by atoms with Gasteiger partial charge in [0.05, 0.1) is 0 Å². The fourth-order valence-corrected chi connectivity index (χ4v) is 3.44. The second kappa shape index (κ2) is 6.98. The van der Waals surface area contributed by atoms with Crippen molar-refractivity contribution in [3.8, 4) is 0 Å². The third kappa shape index (κ3) is 3.39. The van der Waals surface area contributed by atoms with Gasteiger partial charge in [0.1, 0.15) is 5.82 Å². The molecule has 0 bridgehead atoms. The van der Waals surface area contributed by atoms with E-state index in [0.29, 0.717) is 6.04 Å². The lowest BCUT2D eigenvalue weighted by Crippen LogP contribution is -2.47. The maximum absolute atomic E-state index is 4.71. The van der Waals surface area contributed by atoms with Gasteiger partial charge in [0, 0.05) is 50.8 Å². The first-order valence-corrected chi connectivity index (χ1v) is 8.75. The van der Waals surface area contributed by atoms with Crippen molar-refractivity contribution < 1.29 is 0 Å². The Hall–Kier alpha value is -2.44. The second-order valence-electron chi connectivity index (χ2n) is 6.39. The van der Waals surface area contributed by atoms with Gasteiger partial charge in [0.15, 0.2) is 0 Å². The Labute approximate surface area is 142 Å². The molecule has 1 aliphatic carbocycles. The van der Waals surface area contributed by atoms with Crippen LogP contribution in [0.25, 0.3) is 0 Å². The molecule has 3 heterocycles. The zero-order chi connectivity index (χ0) is 16.2. The largest absolute Gasteiger partial charge is 0.353 e. The summed E-state index contributed by atoms with van der Waals surface area (Å²) in [7, 11) is 0. The fraction of sp³-hybridized carbons (Fsp3) is 0.529. The predicted molar refractivity (Wildman–Crippen MR) is 94.4 cm³/mol. The van der Waals surface area contributed by atoms with Gasteiger partial charge in [-0.05, 0) is 25.0 Å². The highest BCUT2D eigenvalue weighted by Gasteiger charge is 2.21. The molecule has 0 amide bonds. The van der Waals surface area contributed by atoms with Crippen molar-refractivity contribution in [2.75, 3.05) is 41.3 Å². The molecular weight excluding hydrogens is 302 g/mol. The molecule has 126 valence electrons. The van der Waals surface area contributed by atoms with Gasteiger partial charge in [0.2, 0.25) is 11.9 Å². The maximum Gasteiger partial charge on any atom is 0.225 e. The number of piperazine rings is 1. The lowest BCUT2D eigenvalue weighted by atomic mass is 10.2. The number of aromatic nitrogens is 4. The minimum Gasteiger partial charge on any atom is -0.353 e. The van der Waals surface area contributed by atoms with E-state index in [1.54, 1.807) is 12.4 Å². The number of nitrogens with zero attached hydrogens (tertiary/aromatic N) is 6. The molecule has 2 aliphatic rings. The molecule has 2 fully saturated rings. The highest BCUT2D eigenvalue weighted by Crippen LogP contribution is 2.22. The molecule has 7 heteroatoms. The lowest BCUT2D eigenvalue weighted by Gasteiger charge is -2.35. The molecule has 1 saturated carbocycles. The first-order valence-electron chi connectivity index (χ1n) is 8.75. The molecule has 24 heavy (non-hydrogen) atoms. The number of hydrogen-bond donors (Lipinski definition) is 1.